The summed E-state index contributed by atoms with van der Waals surface area (Å²) in [6.45, 7) is 3.92. The number of nitrogens with one attached hydrogen (secondary N) is 1. The van der Waals surface area contributed by atoms with Crippen molar-refractivity contribution in [2.24, 2.45) is 0 Å². The number of aromatic nitrogens is 5. The standard InChI is InChI=1S/C29H29FN6O3/c1-19-5-2-6-21-15-25(29(37)31-26(19)21)27(28-32-33-34-36(28)18-24-8-4-14-39-24)35(17-23-7-3-13-38-23)16-20-9-11-22(30)12-10-20/h2-3,5-7,9-13,15,24,27H,4,8,14,16-18H2,1H3,(H,31,37)/t24-,27-/m0/s1. The maximum absolute atomic E-state index is 13.7. The van der Waals surface area contributed by atoms with Gasteiger partial charge in [0, 0.05) is 18.7 Å². The second-order valence-electron chi connectivity index (χ2n) is 9.96. The van der Waals surface area contributed by atoms with Gasteiger partial charge in [0.15, 0.2) is 5.82 Å². The molecule has 1 aliphatic rings. The number of nitrogens with zero attached hydrogens (tertiary/aromatic N) is 5. The zero-order valence-corrected chi connectivity index (χ0v) is 21.6. The average Bonchev–Trinajstić information content (AvgIpc) is 3.72. The van der Waals surface area contributed by atoms with Crippen LogP contribution in [0, 0.1) is 12.7 Å². The van der Waals surface area contributed by atoms with Gasteiger partial charge < -0.3 is 14.1 Å². The Kier molecular flexibility index (Phi) is 7.04. The van der Waals surface area contributed by atoms with E-state index in [2.05, 4.69) is 25.4 Å². The number of tetrazole rings is 1. The maximum atomic E-state index is 13.7. The third kappa shape index (κ3) is 5.39. The van der Waals surface area contributed by atoms with Crippen molar-refractivity contribution in [2.45, 2.75) is 51.5 Å². The van der Waals surface area contributed by atoms with E-state index in [-0.39, 0.29) is 17.5 Å². The summed E-state index contributed by atoms with van der Waals surface area (Å²) in [6, 6.07) is 17.3. The summed E-state index contributed by atoms with van der Waals surface area (Å²) in [5, 5.41) is 13.7. The first-order valence-corrected chi connectivity index (χ1v) is 13.1. The van der Waals surface area contributed by atoms with Crippen LogP contribution >= 0.6 is 0 Å². The Balaban J connectivity index is 1.50. The molecule has 10 heteroatoms. The van der Waals surface area contributed by atoms with E-state index in [1.54, 1.807) is 23.1 Å². The molecule has 200 valence electrons. The van der Waals surface area contributed by atoms with Gasteiger partial charge in [0.25, 0.3) is 5.56 Å². The number of fused-ring (bicyclic) bond motifs is 1. The van der Waals surface area contributed by atoms with Crippen molar-refractivity contribution < 1.29 is 13.5 Å². The van der Waals surface area contributed by atoms with Gasteiger partial charge in [-0.05, 0) is 77.0 Å². The van der Waals surface area contributed by atoms with Crippen molar-refractivity contribution in [3.63, 3.8) is 0 Å². The van der Waals surface area contributed by atoms with Crippen LogP contribution < -0.4 is 5.56 Å². The molecule has 0 bridgehead atoms. The van der Waals surface area contributed by atoms with Crippen LogP contribution in [0.5, 0.6) is 0 Å². The highest BCUT2D eigenvalue weighted by Gasteiger charge is 2.32. The lowest BCUT2D eigenvalue weighted by molar-refractivity contribution is 0.0901. The van der Waals surface area contributed by atoms with Crippen molar-refractivity contribution in [3.8, 4) is 0 Å². The number of halogens is 1. The first-order valence-electron chi connectivity index (χ1n) is 13.1. The van der Waals surface area contributed by atoms with Crippen LogP contribution in [0.2, 0.25) is 0 Å². The number of H-pyrrole nitrogens is 1. The summed E-state index contributed by atoms with van der Waals surface area (Å²) in [7, 11) is 0. The molecule has 6 rings (SSSR count). The quantitative estimate of drug-likeness (QED) is 0.300. The lowest BCUT2D eigenvalue weighted by Crippen LogP contribution is -2.35. The third-order valence-electron chi connectivity index (χ3n) is 7.22. The number of aromatic amines is 1. The lowest BCUT2D eigenvalue weighted by Gasteiger charge is -2.30. The fourth-order valence-corrected chi connectivity index (χ4v) is 5.29. The molecular formula is C29H29FN6O3. The second kappa shape index (κ2) is 10.9. The number of ether oxygens (including phenoxy) is 1. The van der Waals surface area contributed by atoms with E-state index in [1.807, 2.05) is 43.3 Å². The minimum Gasteiger partial charge on any atom is -0.468 e. The number of hydrogen-bond acceptors (Lipinski definition) is 7. The molecule has 3 aromatic heterocycles. The number of aryl methyl sites for hydroxylation is 1. The number of pyridine rings is 1. The van der Waals surface area contributed by atoms with Gasteiger partial charge in [-0.2, -0.15) is 0 Å². The van der Waals surface area contributed by atoms with E-state index in [0.29, 0.717) is 43.4 Å². The molecule has 1 saturated heterocycles. The smallest absolute Gasteiger partial charge is 0.253 e. The SMILES string of the molecule is Cc1cccc2cc([C@@H](c3nnnn3C[C@@H]3CCCO3)N(Cc3ccc(F)cc3)Cc3ccco3)c(=O)[nH]c12. The molecule has 1 fully saturated rings. The lowest BCUT2D eigenvalue weighted by atomic mass is 10.0. The van der Waals surface area contributed by atoms with E-state index in [9.17, 15) is 9.18 Å². The molecule has 1 N–H and O–H groups in total. The molecule has 0 unspecified atom stereocenters. The summed E-state index contributed by atoms with van der Waals surface area (Å²) in [6.07, 6.45) is 3.53. The van der Waals surface area contributed by atoms with Gasteiger partial charge >= 0.3 is 0 Å². The molecule has 2 aromatic carbocycles. The average molecular weight is 529 g/mol. The molecule has 39 heavy (non-hydrogen) atoms. The zero-order chi connectivity index (χ0) is 26.8. The first-order chi connectivity index (χ1) is 19.0. The van der Waals surface area contributed by atoms with E-state index < -0.39 is 6.04 Å². The molecule has 4 heterocycles. The first kappa shape index (κ1) is 25.1. The minimum atomic E-state index is -0.634. The number of hydrogen-bond donors (Lipinski definition) is 1. The normalized spacial score (nSPS) is 16.3. The molecular weight excluding hydrogens is 499 g/mol. The Hall–Kier alpha value is -4.15. The molecule has 0 saturated carbocycles. The second-order valence-corrected chi connectivity index (χ2v) is 9.96. The predicted molar refractivity (Wildman–Crippen MR) is 142 cm³/mol. The Morgan fingerprint density at radius 3 is 2.79 bits per heavy atom. The highest BCUT2D eigenvalue weighted by atomic mass is 19.1. The van der Waals surface area contributed by atoms with E-state index in [4.69, 9.17) is 9.15 Å². The van der Waals surface area contributed by atoms with Gasteiger partial charge in [-0.3, -0.25) is 9.69 Å². The monoisotopic (exact) mass is 528 g/mol. The molecule has 0 radical (unpaired) electrons. The Labute approximate surface area is 224 Å². The molecule has 0 spiro atoms. The molecule has 9 nitrogen and oxygen atoms in total. The van der Waals surface area contributed by atoms with Gasteiger partial charge in [0.2, 0.25) is 0 Å². The summed E-state index contributed by atoms with van der Waals surface area (Å²) in [5.74, 6) is 0.930. The summed E-state index contributed by atoms with van der Waals surface area (Å²) in [5.41, 5.74) is 2.93. The fraction of sp³-hybridized carbons (Fsp3) is 0.310. The van der Waals surface area contributed by atoms with Crippen LogP contribution in [0.25, 0.3) is 10.9 Å². The summed E-state index contributed by atoms with van der Waals surface area (Å²) >= 11 is 0. The van der Waals surface area contributed by atoms with Crippen molar-refractivity contribution in [1.82, 2.24) is 30.1 Å². The van der Waals surface area contributed by atoms with Gasteiger partial charge in [0.1, 0.15) is 17.6 Å². The molecule has 5 aromatic rings. The third-order valence-corrected chi connectivity index (χ3v) is 7.22. The van der Waals surface area contributed by atoms with Crippen LogP contribution in [-0.2, 0) is 24.4 Å². The number of para-hydroxylation sites is 1. The Bertz CT molecular complexity index is 1610. The van der Waals surface area contributed by atoms with E-state index in [0.717, 1.165) is 34.9 Å². The number of rotatable bonds is 9. The Morgan fingerprint density at radius 1 is 1.15 bits per heavy atom. The highest BCUT2D eigenvalue weighted by Crippen LogP contribution is 2.31. The van der Waals surface area contributed by atoms with Gasteiger partial charge in [-0.15, -0.1) is 5.10 Å². The van der Waals surface area contributed by atoms with Gasteiger partial charge in [0.05, 0.1) is 31.0 Å². The molecule has 2 atom stereocenters. The fourth-order valence-electron chi connectivity index (χ4n) is 5.29. The largest absolute Gasteiger partial charge is 0.468 e. The molecule has 0 aliphatic carbocycles. The minimum absolute atomic E-state index is 0.000981. The predicted octanol–water partition coefficient (Wildman–Crippen LogP) is 4.53. The van der Waals surface area contributed by atoms with Crippen LogP contribution in [-0.4, -0.2) is 42.8 Å². The molecule has 0 amide bonds. The van der Waals surface area contributed by atoms with Crippen LogP contribution in [0.15, 0.2) is 76.1 Å². The van der Waals surface area contributed by atoms with Crippen LogP contribution in [0.4, 0.5) is 4.39 Å². The highest BCUT2D eigenvalue weighted by molar-refractivity contribution is 5.82. The van der Waals surface area contributed by atoms with Crippen molar-refractivity contribution in [2.75, 3.05) is 6.61 Å². The molecule has 1 aliphatic heterocycles. The summed E-state index contributed by atoms with van der Waals surface area (Å²) in [4.78, 5) is 18.9. The zero-order valence-electron chi connectivity index (χ0n) is 21.6. The van der Waals surface area contributed by atoms with Gasteiger partial charge in [-0.1, -0.05) is 30.3 Å². The summed E-state index contributed by atoms with van der Waals surface area (Å²) < 4.78 is 27.1. The topological polar surface area (TPSA) is 102 Å². The van der Waals surface area contributed by atoms with Crippen LogP contribution in [0.1, 0.15) is 47.2 Å². The Morgan fingerprint density at radius 2 is 2.03 bits per heavy atom. The van der Waals surface area contributed by atoms with Crippen molar-refractivity contribution >= 4 is 10.9 Å². The van der Waals surface area contributed by atoms with Crippen molar-refractivity contribution in [1.29, 1.82) is 0 Å². The van der Waals surface area contributed by atoms with Crippen molar-refractivity contribution in [3.05, 3.63) is 111 Å². The number of benzene rings is 2. The van der Waals surface area contributed by atoms with E-state index in [1.165, 1.54) is 12.1 Å². The van der Waals surface area contributed by atoms with Gasteiger partial charge in [-0.25, -0.2) is 9.07 Å². The van der Waals surface area contributed by atoms with Crippen LogP contribution in [0.3, 0.4) is 0 Å². The maximum Gasteiger partial charge on any atom is 0.253 e. The number of furan rings is 1. The van der Waals surface area contributed by atoms with E-state index >= 15 is 0 Å².